The molecule has 2 heterocycles. The minimum atomic E-state index is 0.466. The van der Waals surface area contributed by atoms with Gasteiger partial charge in [0.05, 0.1) is 24.4 Å². The summed E-state index contributed by atoms with van der Waals surface area (Å²) in [5.41, 5.74) is 1.78. The van der Waals surface area contributed by atoms with E-state index in [0.717, 1.165) is 32.2 Å². The standard InChI is InChI=1S/C14H11ClN2O2S/c1-18-8-3-4-11(19-2)9(5-8)12-6-10-13(20-12)14(15)17-7-16-10/h3-7H,1-2H3. The van der Waals surface area contributed by atoms with Crippen LogP contribution < -0.4 is 9.47 Å². The Balaban J connectivity index is 2.21. The van der Waals surface area contributed by atoms with Crippen LogP contribution in [-0.4, -0.2) is 24.2 Å². The van der Waals surface area contributed by atoms with Gasteiger partial charge in [-0.25, -0.2) is 9.97 Å². The topological polar surface area (TPSA) is 44.2 Å². The van der Waals surface area contributed by atoms with Crippen molar-refractivity contribution in [3.05, 3.63) is 35.7 Å². The van der Waals surface area contributed by atoms with Gasteiger partial charge in [0, 0.05) is 10.4 Å². The number of halogens is 1. The highest BCUT2D eigenvalue weighted by Gasteiger charge is 2.13. The Kier molecular flexibility index (Phi) is 3.46. The normalized spacial score (nSPS) is 10.8. The van der Waals surface area contributed by atoms with E-state index in [4.69, 9.17) is 21.1 Å². The molecule has 4 nitrogen and oxygen atoms in total. The zero-order valence-electron chi connectivity index (χ0n) is 10.9. The van der Waals surface area contributed by atoms with Gasteiger partial charge >= 0.3 is 0 Å². The Morgan fingerprint density at radius 2 is 1.95 bits per heavy atom. The molecule has 0 fully saturated rings. The molecule has 6 heteroatoms. The maximum Gasteiger partial charge on any atom is 0.150 e. The summed E-state index contributed by atoms with van der Waals surface area (Å²) >= 11 is 7.63. The van der Waals surface area contributed by atoms with Gasteiger partial charge < -0.3 is 9.47 Å². The summed E-state index contributed by atoms with van der Waals surface area (Å²) in [6.45, 7) is 0. The number of methoxy groups -OCH3 is 2. The molecule has 0 atom stereocenters. The van der Waals surface area contributed by atoms with Crippen LogP contribution >= 0.6 is 22.9 Å². The third-order valence-corrected chi connectivity index (χ3v) is 4.50. The molecule has 3 aromatic rings. The van der Waals surface area contributed by atoms with Crippen molar-refractivity contribution in [2.75, 3.05) is 14.2 Å². The zero-order chi connectivity index (χ0) is 14.1. The number of aromatic nitrogens is 2. The molecule has 0 saturated heterocycles. The van der Waals surface area contributed by atoms with Crippen LogP contribution in [0.15, 0.2) is 30.6 Å². The fourth-order valence-corrected chi connectivity index (χ4v) is 3.23. The van der Waals surface area contributed by atoms with E-state index in [0.29, 0.717) is 5.15 Å². The predicted octanol–water partition coefficient (Wildman–Crippen LogP) is 4.03. The second-order valence-corrected chi connectivity index (χ2v) is 5.47. The summed E-state index contributed by atoms with van der Waals surface area (Å²) in [6.07, 6.45) is 1.46. The van der Waals surface area contributed by atoms with E-state index in [1.807, 2.05) is 24.3 Å². The Morgan fingerprint density at radius 1 is 1.10 bits per heavy atom. The minimum absolute atomic E-state index is 0.466. The second kappa shape index (κ2) is 5.26. The van der Waals surface area contributed by atoms with Gasteiger partial charge in [-0.05, 0) is 24.3 Å². The van der Waals surface area contributed by atoms with Crippen LogP contribution in [0.2, 0.25) is 5.15 Å². The average molecular weight is 307 g/mol. The highest BCUT2D eigenvalue weighted by molar-refractivity contribution is 7.22. The summed E-state index contributed by atoms with van der Waals surface area (Å²) in [4.78, 5) is 9.24. The first-order valence-corrected chi connectivity index (χ1v) is 7.05. The molecule has 2 aromatic heterocycles. The van der Waals surface area contributed by atoms with E-state index >= 15 is 0 Å². The monoisotopic (exact) mass is 306 g/mol. The smallest absolute Gasteiger partial charge is 0.150 e. The first-order valence-electron chi connectivity index (χ1n) is 5.85. The first kappa shape index (κ1) is 13.1. The molecule has 0 aliphatic carbocycles. The second-order valence-electron chi connectivity index (χ2n) is 4.06. The van der Waals surface area contributed by atoms with Gasteiger partial charge in [0.25, 0.3) is 0 Å². The fourth-order valence-electron chi connectivity index (χ4n) is 1.96. The molecule has 0 aliphatic heterocycles. The van der Waals surface area contributed by atoms with Gasteiger partial charge in [-0.15, -0.1) is 11.3 Å². The number of nitrogens with zero attached hydrogens (tertiary/aromatic N) is 2. The number of fused-ring (bicyclic) bond motifs is 1. The molecule has 0 spiro atoms. The van der Waals surface area contributed by atoms with E-state index in [-0.39, 0.29) is 0 Å². The van der Waals surface area contributed by atoms with Crippen LogP contribution in [0.25, 0.3) is 20.7 Å². The van der Waals surface area contributed by atoms with Gasteiger partial charge in [0.2, 0.25) is 0 Å². The number of hydrogen-bond donors (Lipinski definition) is 0. The lowest BCUT2D eigenvalue weighted by Gasteiger charge is -2.08. The van der Waals surface area contributed by atoms with Crippen molar-refractivity contribution in [3.8, 4) is 21.9 Å². The predicted molar refractivity (Wildman–Crippen MR) is 81.0 cm³/mol. The molecule has 3 rings (SSSR count). The van der Waals surface area contributed by atoms with E-state index in [2.05, 4.69) is 9.97 Å². The van der Waals surface area contributed by atoms with Crippen molar-refractivity contribution in [1.29, 1.82) is 0 Å². The zero-order valence-corrected chi connectivity index (χ0v) is 12.5. The summed E-state index contributed by atoms with van der Waals surface area (Å²) < 4.78 is 11.5. The number of thiophene rings is 1. The van der Waals surface area contributed by atoms with Gasteiger partial charge in [-0.2, -0.15) is 0 Å². The highest BCUT2D eigenvalue weighted by atomic mass is 35.5. The van der Waals surface area contributed by atoms with Crippen molar-refractivity contribution >= 4 is 33.2 Å². The SMILES string of the molecule is COc1ccc(OC)c(-c2cc3ncnc(Cl)c3s2)c1. The van der Waals surface area contributed by atoms with Crippen LogP contribution in [0.3, 0.4) is 0 Å². The lowest BCUT2D eigenvalue weighted by atomic mass is 10.1. The number of rotatable bonds is 3. The third-order valence-electron chi connectivity index (χ3n) is 2.94. The Bertz CT molecular complexity index is 773. The molecular weight excluding hydrogens is 296 g/mol. The van der Waals surface area contributed by atoms with E-state index in [9.17, 15) is 0 Å². The molecule has 102 valence electrons. The summed E-state index contributed by atoms with van der Waals surface area (Å²) in [5.74, 6) is 1.55. The molecule has 0 saturated carbocycles. The van der Waals surface area contributed by atoms with Crippen molar-refractivity contribution in [2.24, 2.45) is 0 Å². The summed E-state index contributed by atoms with van der Waals surface area (Å²) in [7, 11) is 3.28. The van der Waals surface area contributed by atoms with Crippen molar-refractivity contribution in [2.45, 2.75) is 0 Å². The van der Waals surface area contributed by atoms with Crippen LogP contribution in [0.1, 0.15) is 0 Å². The van der Waals surface area contributed by atoms with Gasteiger partial charge in [-0.3, -0.25) is 0 Å². The van der Waals surface area contributed by atoms with Crippen molar-refractivity contribution in [3.63, 3.8) is 0 Å². The van der Waals surface area contributed by atoms with Crippen LogP contribution in [0.4, 0.5) is 0 Å². The first-order chi connectivity index (χ1) is 9.72. The number of ether oxygens (including phenoxy) is 2. The fraction of sp³-hybridized carbons (Fsp3) is 0.143. The van der Waals surface area contributed by atoms with Gasteiger partial charge in [0.15, 0.2) is 0 Å². The van der Waals surface area contributed by atoms with Crippen molar-refractivity contribution < 1.29 is 9.47 Å². The van der Waals surface area contributed by atoms with Crippen LogP contribution in [0, 0.1) is 0 Å². The van der Waals surface area contributed by atoms with E-state index in [1.54, 1.807) is 14.2 Å². The largest absolute Gasteiger partial charge is 0.497 e. The quantitative estimate of drug-likeness (QED) is 0.685. The van der Waals surface area contributed by atoms with Gasteiger partial charge in [-0.1, -0.05) is 11.6 Å². The summed E-state index contributed by atoms with van der Waals surface area (Å²) in [5, 5.41) is 0.466. The van der Waals surface area contributed by atoms with E-state index in [1.165, 1.54) is 17.7 Å². The Labute approximate surface area is 125 Å². The minimum Gasteiger partial charge on any atom is -0.497 e. The Hall–Kier alpha value is -1.85. The highest BCUT2D eigenvalue weighted by Crippen LogP contribution is 2.40. The molecular formula is C14H11ClN2O2S. The average Bonchev–Trinajstić information content (AvgIpc) is 2.92. The molecule has 0 bridgehead atoms. The maximum absolute atomic E-state index is 6.09. The lowest BCUT2D eigenvalue weighted by Crippen LogP contribution is -1.88. The summed E-state index contributed by atoms with van der Waals surface area (Å²) in [6, 6.07) is 7.66. The number of benzene rings is 1. The molecule has 0 aliphatic rings. The van der Waals surface area contributed by atoms with Crippen LogP contribution in [0.5, 0.6) is 11.5 Å². The molecule has 0 amide bonds. The molecule has 20 heavy (non-hydrogen) atoms. The lowest BCUT2D eigenvalue weighted by molar-refractivity contribution is 0.404. The van der Waals surface area contributed by atoms with E-state index < -0.39 is 0 Å². The maximum atomic E-state index is 6.09. The molecule has 0 unspecified atom stereocenters. The third kappa shape index (κ3) is 2.19. The Morgan fingerprint density at radius 3 is 2.65 bits per heavy atom. The van der Waals surface area contributed by atoms with Crippen LogP contribution in [-0.2, 0) is 0 Å². The molecule has 1 aromatic carbocycles. The van der Waals surface area contributed by atoms with Gasteiger partial charge in [0.1, 0.15) is 23.0 Å². The molecule has 0 N–H and O–H groups in total. The van der Waals surface area contributed by atoms with Crippen molar-refractivity contribution in [1.82, 2.24) is 9.97 Å². The molecule has 0 radical (unpaired) electrons. The number of hydrogen-bond acceptors (Lipinski definition) is 5.